The fourth-order valence-electron chi connectivity index (χ4n) is 1.42. The van der Waals surface area contributed by atoms with Crippen LogP contribution in [0.2, 0.25) is 0 Å². The molecule has 14 heavy (non-hydrogen) atoms. The van der Waals surface area contributed by atoms with Crippen LogP contribution in [0.15, 0.2) is 18.9 Å². The summed E-state index contributed by atoms with van der Waals surface area (Å²) in [6.45, 7) is 12.2. The zero-order valence-electron chi connectivity index (χ0n) is 9.41. The molecule has 2 heteroatoms. The molecule has 0 saturated carbocycles. The molecule has 1 aromatic heterocycles. The maximum Gasteiger partial charge on any atom is 0.0693 e. The van der Waals surface area contributed by atoms with Crippen LogP contribution in [-0.2, 0) is 0 Å². The second-order valence-electron chi connectivity index (χ2n) is 3.69. The lowest BCUT2D eigenvalue weighted by atomic mass is 10.0. The average Bonchev–Trinajstić information content (AvgIpc) is 2.59. The molecule has 1 aromatic rings. The lowest BCUT2D eigenvalue weighted by Crippen LogP contribution is -1.99. The molecule has 1 rings (SSSR count). The van der Waals surface area contributed by atoms with E-state index in [0.717, 1.165) is 11.4 Å². The number of allylic oxidation sites excluding steroid dienone is 2. The first-order chi connectivity index (χ1) is 6.61. The molecule has 0 radical (unpaired) electrons. The Bertz CT molecular complexity index is 356. The number of nitrogens with zero attached hydrogens (tertiary/aromatic N) is 2. The van der Waals surface area contributed by atoms with Crippen molar-refractivity contribution in [3.63, 3.8) is 0 Å². The normalized spacial score (nSPS) is 12.2. The third-order valence-electron chi connectivity index (χ3n) is 2.40. The molecule has 0 amide bonds. The molecule has 0 N–H and O–H groups in total. The van der Waals surface area contributed by atoms with Gasteiger partial charge in [0.25, 0.3) is 0 Å². The van der Waals surface area contributed by atoms with Gasteiger partial charge in [-0.1, -0.05) is 26.5 Å². The van der Waals surface area contributed by atoms with E-state index in [1.165, 1.54) is 5.56 Å². The summed E-state index contributed by atoms with van der Waals surface area (Å²) in [5.74, 6) is 0.487. The van der Waals surface area contributed by atoms with Gasteiger partial charge in [-0.15, -0.1) is 0 Å². The average molecular weight is 190 g/mol. The summed E-state index contributed by atoms with van der Waals surface area (Å²) in [5.41, 5.74) is 3.49. The van der Waals surface area contributed by atoms with Gasteiger partial charge in [0, 0.05) is 11.3 Å². The van der Waals surface area contributed by atoms with Crippen molar-refractivity contribution >= 4 is 11.8 Å². The van der Waals surface area contributed by atoms with Crippen molar-refractivity contribution in [3.8, 4) is 0 Å². The Labute approximate surface area is 85.9 Å². The Morgan fingerprint density at radius 1 is 1.57 bits per heavy atom. The van der Waals surface area contributed by atoms with Gasteiger partial charge in [0.05, 0.1) is 11.9 Å². The van der Waals surface area contributed by atoms with Crippen LogP contribution >= 0.6 is 0 Å². The molecule has 0 atom stereocenters. The third kappa shape index (κ3) is 1.79. The minimum Gasteiger partial charge on any atom is -0.238 e. The predicted molar refractivity (Wildman–Crippen MR) is 62.0 cm³/mol. The highest BCUT2D eigenvalue weighted by atomic mass is 15.3. The summed E-state index contributed by atoms with van der Waals surface area (Å²) in [6, 6.07) is 0. The van der Waals surface area contributed by atoms with Gasteiger partial charge >= 0.3 is 0 Å². The van der Waals surface area contributed by atoms with E-state index < -0.39 is 0 Å². The van der Waals surface area contributed by atoms with E-state index in [4.69, 9.17) is 0 Å². The summed E-state index contributed by atoms with van der Waals surface area (Å²) in [5, 5.41) is 4.36. The van der Waals surface area contributed by atoms with E-state index in [0.29, 0.717) is 5.92 Å². The van der Waals surface area contributed by atoms with Gasteiger partial charge < -0.3 is 0 Å². The van der Waals surface area contributed by atoms with E-state index in [-0.39, 0.29) is 0 Å². The fourth-order valence-corrected chi connectivity index (χ4v) is 1.42. The highest BCUT2D eigenvalue weighted by Crippen LogP contribution is 2.22. The predicted octanol–water partition coefficient (Wildman–Crippen LogP) is 3.53. The molecule has 0 aliphatic rings. The second-order valence-corrected chi connectivity index (χ2v) is 3.69. The molecular weight excluding hydrogens is 172 g/mol. The minimum absolute atomic E-state index is 0.487. The summed E-state index contributed by atoms with van der Waals surface area (Å²) >= 11 is 0. The number of aromatic nitrogens is 2. The fraction of sp³-hybridized carbons (Fsp3) is 0.417. The maximum atomic E-state index is 4.36. The van der Waals surface area contributed by atoms with Crippen LogP contribution in [0.4, 0.5) is 0 Å². The monoisotopic (exact) mass is 190 g/mol. The molecule has 1 heterocycles. The molecule has 76 valence electrons. The zero-order valence-corrected chi connectivity index (χ0v) is 9.41. The molecule has 2 nitrogen and oxygen atoms in total. The molecule has 0 aliphatic heterocycles. The van der Waals surface area contributed by atoms with Crippen LogP contribution in [0, 0.1) is 0 Å². The van der Waals surface area contributed by atoms with Gasteiger partial charge in [-0.25, -0.2) is 4.68 Å². The van der Waals surface area contributed by atoms with Crippen molar-refractivity contribution < 1.29 is 0 Å². The van der Waals surface area contributed by atoms with Gasteiger partial charge in [0.2, 0.25) is 0 Å². The van der Waals surface area contributed by atoms with E-state index in [2.05, 4.69) is 25.5 Å². The van der Waals surface area contributed by atoms with E-state index in [1.54, 1.807) is 0 Å². The number of rotatable bonds is 3. The van der Waals surface area contributed by atoms with E-state index >= 15 is 0 Å². The van der Waals surface area contributed by atoms with Gasteiger partial charge in [-0.2, -0.15) is 5.10 Å². The first-order valence-electron chi connectivity index (χ1n) is 4.95. The Kier molecular flexibility index (Phi) is 3.28. The quantitative estimate of drug-likeness (QED) is 0.713. The Morgan fingerprint density at radius 3 is 2.64 bits per heavy atom. The largest absolute Gasteiger partial charge is 0.238 e. The first kappa shape index (κ1) is 10.8. The van der Waals surface area contributed by atoms with E-state index in [9.17, 15) is 0 Å². The van der Waals surface area contributed by atoms with Crippen LogP contribution in [0.3, 0.4) is 0 Å². The third-order valence-corrected chi connectivity index (χ3v) is 2.40. The molecule has 0 aliphatic carbocycles. The molecule has 0 saturated heterocycles. The molecule has 0 bridgehead atoms. The summed E-state index contributed by atoms with van der Waals surface area (Å²) in [7, 11) is 0. The van der Waals surface area contributed by atoms with Gasteiger partial charge in [-0.05, 0) is 25.8 Å². The summed E-state index contributed by atoms with van der Waals surface area (Å²) in [4.78, 5) is 0. The standard InChI is InChI=1S/C12H18N2/c1-6-10(5)14-12(7-2)11(8-13-14)9(3)4/h6-9H,2H2,1,3-5H3/b10-6-. The zero-order chi connectivity index (χ0) is 10.7. The number of hydrogen-bond acceptors (Lipinski definition) is 1. The van der Waals surface area contributed by atoms with Crippen molar-refractivity contribution in [1.82, 2.24) is 9.78 Å². The summed E-state index contributed by atoms with van der Waals surface area (Å²) < 4.78 is 1.93. The lowest BCUT2D eigenvalue weighted by molar-refractivity contribution is 0.854. The van der Waals surface area contributed by atoms with Crippen molar-refractivity contribution in [2.24, 2.45) is 0 Å². The Hall–Kier alpha value is -1.31. The molecule has 0 fully saturated rings. The van der Waals surface area contributed by atoms with Gasteiger partial charge in [-0.3, -0.25) is 0 Å². The van der Waals surface area contributed by atoms with Gasteiger partial charge in [0.15, 0.2) is 0 Å². The van der Waals surface area contributed by atoms with Gasteiger partial charge in [0.1, 0.15) is 0 Å². The number of hydrogen-bond donors (Lipinski definition) is 0. The van der Waals surface area contributed by atoms with Crippen LogP contribution in [0.5, 0.6) is 0 Å². The van der Waals surface area contributed by atoms with Crippen molar-refractivity contribution in [1.29, 1.82) is 0 Å². The van der Waals surface area contributed by atoms with E-state index in [1.807, 2.05) is 36.9 Å². The minimum atomic E-state index is 0.487. The Morgan fingerprint density at radius 2 is 2.21 bits per heavy atom. The SMILES string of the molecule is C=Cc1c(C(C)C)cnn1/C(C)=C\C. The van der Waals surface area contributed by atoms with Crippen LogP contribution in [0.25, 0.3) is 11.8 Å². The van der Waals surface area contributed by atoms with Crippen molar-refractivity contribution in [3.05, 3.63) is 30.1 Å². The highest BCUT2D eigenvalue weighted by molar-refractivity contribution is 5.55. The Balaban J connectivity index is 3.27. The molecule has 0 spiro atoms. The smallest absolute Gasteiger partial charge is 0.0693 e. The summed E-state index contributed by atoms with van der Waals surface area (Å²) in [6.07, 6.45) is 5.84. The van der Waals surface area contributed by atoms with Crippen LogP contribution in [0.1, 0.15) is 44.9 Å². The van der Waals surface area contributed by atoms with Crippen LogP contribution in [-0.4, -0.2) is 9.78 Å². The highest BCUT2D eigenvalue weighted by Gasteiger charge is 2.11. The van der Waals surface area contributed by atoms with Crippen LogP contribution < -0.4 is 0 Å². The molecule has 0 aromatic carbocycles. The molecule has 0 unspecified atom stereocenters. The maximum absolute atomic E-state index is 4.36. The molecular formula is C12H18N2. The van der Waals surface area contributed by atoms with Crippen molar-refractivity contribution in [2.75, 3.05) is 0 Å². The topological polar surface area (TPSA) is 17.8 Å². The second kappa shape index (κ2) is 4.27. The van der Waals surface area contributed by atoms with Crippen molar-refractivity contribution in [2.45, 2.75) is 33.6 Å². The lowest BCUT2D eigenvalue weighted by Gasteiger charge is -2.07. The first-order valence-corrected chi connectivity index (χ1v) is 4.95.